The molecule has 2 rings (SSSR count). The lowest BCUT2D eigenvalue weighted by atomic mass is 10.1. The average Bonchev–Trinajstić information content (AvgIpc) is 2.66. The molecule has 27 heavy (non-hydrogen) atoms. The summed E-state index contributed by atoms with van der Waals surface area (Å²) in [7, 11) is 1.42. The van der Waals surface area contributed by atoms with Gasteiger partial charge in [0.15, 0.2) is 0 Å². The molecule has 0 bridgehead atoms. The molecular formula is C19H20N2O6. The standard InChI is InChI=1S/C19H20N2O6/c1-3-20-19(25)21-17(23)16(12-7-5-4-6-8-12)27-18(24)14-10-9-13(26-2)11-15(14)22/h4-11,16,22H,3H2,1-2H3,(H2,20,21,23,25)/t16-/m1/s1. The number of amides is 3. The molecule has 0 aliphatic carbocycles. The Morgan fingerprint density at radius 3 is 2.41 bits per heavy atom. The lowest BCUT2D eigenvalue weighted by Gasteiger charge is -2.18. The maximum atomic E-state index is 12.5. The second kappa shape index (κ2) is 9.23. The Balaban J connectivity index is 2.25. The summed E-state index contributed by atoms with van der Waals surface area (Å²) in [5, 5.41) is 14.5. The van der Waals surface area contributed by atoms with E-state index in [1.807, 2.05) is 0 Å². The fourth-order valence-corrected chi connectivity index (χ4v) is 2.26. The van der Waals surface area contributed by atoms with E-state index in [9.17, 15) is 19.5 Å². The first-order chi connectivity index (χ1) is 13.0. The Labute approximate surface area is 156 Å². The third kappa shape index (κ3) is 5.21. The second-order valence-electron chi connectivity index (χ2n) is 5.43. The summed E-state index contributed by atoms with van der Waals surface area (Å²) in [4.78, 5) is 36.5. The first-order valence-corrected chi connectivity index (χ1v) is 8.17. The number of hydrogen-bond acceptors (Lipinski definition) is 6. The number of benzene rings is 2. The minimum Gasteiger partial charge on any atom is -0.507 e. The van der Waals surface area contributed by atoms with Crippen molar-refractivity contribution >= 4 is 17.9 Å². The fourth-order valence-electron chi connectivity index (χ4n) is 2.26. The van der Waals surface area contributed by atoms with Gasteiger partial charge < -0.3 is 19.9 Å². The molecule has 0 saturated heterocycles. The number of nitrogens with one attached hydrogen (secondary N) is 2. The average molecular weight is 372 g/mol. The normalized spacial score (nSPS) is 11.2. The van der Waals surface area contributed by atoms with Gasteiger partial charge in [0.25, 0.3) is 5.91 Å². The monoisotopic (exact) mass is 372 g/mol. The van der Waals surface area contributed by atoms with Crippen molar-refractivity contribution in [3.8, 4) is 11.5 Å². The number of phenolic OH excluding ortho intramolecular Hbond substituents is 1. The zero-order valence-electron chi connectivity index (χ0n) is 14.9. The van der Waals surface area contributed by atoms with Crippen LogP contribution in [-0.2, 0) is 9.53 Å². The van der Waals surface area contributed by atoms with Crippen LogP contribution in [0.25, 0.3) is 0 Å². The van der Waals surface area contributed by atoms with Crippen LogP contribution >= 0.6 is 0 Å². The lowest BCUT2D eigenvalue weighted by molar-refractivity contribution is -0.129. The molecule has 8 heteroatoms. The number of phenols is 1. The number of methoxy groups -OCH3 is 1. The van der Waals surface area contributed by atoms with Gasteiger partial charge in [-0.1, -0.05) is 30.3 Å². The van der Waals surface area contributed by atoms with Crippen molar-refractivity contribution in [3.05, 3.63) is 59.7 Å². The van der Waals surface area contributed by atoms with Crippen molar-refractivity contribution < 1.29 is 29.0 Å². The number of rotatable bonds is 6. The van der Waals surface area contributed by atoms with Gasteiger partial charge in [-0.3, -0.25) is 10.1 Å². The first kappa shape index (κ1) is 19.8. The summed E-state index contributed by atoms with van der Waals surface area (Å²) >= 11 is 0. The van der Waals surface area contributed by atoms with Gasteiger partial charge in [-0.2, -0.15) is 0 Å². The summed E-state index contributed by atoms with van der Waals surface area (Å²) in [6.07, 6.45) is -1.37. The molecule has 0 heterocycles. The molecular weight excluding hydrogens is 352 g/mol. The highest BCUT2D eigenvalue weighted by molar-refractivity contribution is 5.99. The van der Waals surface area contributed by atoms with Crippen LogP contribution in [0.3, 0.4) is 0 Å². The molecule has 3 N–H and O–H groups in total. The van der Waals surface area contributed by atoms with Gasteiger partial charge in [-0.25, -0.2) is 9.59 Å². The number of carbonyl (C=O) groups is 3. The van der Waals surface area contributed by atoms with E-state index in [0.29, 0.717) is 17.9 Å². The van der Waals surface area contributed by atoms with E-state index >= 15 is 0 Å². The van der Waals surface area contributed by atoms with E-state index in [-0.39, 0.29) is 11.3 Å². The van der Waals surface area contributed by atoms with Gasteiger partial charge >= 0.3 is 12.0 Å². The van der Waals surface area contributed by atoms with Gasteiger partial charge in [0, 0.05) is 18.2 Å². The summed E-state index contributed by atoms with van der Waals surface area (Å²) in [5.41, 5.74) is 0.239. The number of imide groups is 1. The maximum absolute atomic E-state index is 12.5. The molecule has 2 aromatic rings. The third-order valence-corrected chi connectivity index (χ3v) is 3.56. The van der Waals surface area contributed by atoms with Crippen LogP contribution in [-0.4, -0.2) is 36.7 Å². The van der Waals surface area contributed by atoms with Crippen LogP contribution in [0.4, 0.5) is 4.79 Å². The van der Waals surface area contributed by atoms with Crippen molar-refractivity contribution in [1.29, 1.82) is 0 Å². The number of aromatic hydroxyl groups is 1. The van der Waals surface area contributed by atoms with Crippen molar-refractivity contribution in [3.63, 3.8) is 0 Å². The van der Waals surface area contributed by atoms with Crippen LogP contribution < -0.4 is 15.4 Å². The Morgan fingerprint density at radius 2 is 1.81 bits per heavy atom. The minimum absolute atomic E-state index is 0.137. The van der Waals surface area contributed by atoms with E-state index in [0.717, 1.165) is 0 Å². The quantitative estimate of drug-likeness (QED) is 0.670. The molecule has 0 spiro atoms. The Kier molecular flexibility index (Phi) is 6.76. The molecule has 2 aromatic carbocycles. The van der Waals surface area contributed by atoms with Crippen LogP contribution in [0.2, 0.25) is 0 Å². The van der Waals surface area contributed by atoms with E-state index in [1.165, 1.54) is 25.3 Å². The van der Waals surface area contributed by atoms with Crippen molar-refractivity contribution in [1.82, 2.24) is 10.6 Å². The van der Waals surface area contributed by atoms with Gasteiger partial charge in [0.05, 0.1) is 7.11 Å². The van der Waals surface area contributed by atoms with Crippen LogP contribution in [0.1, 0.15) is 28.9 Å². The van der Waals surface area contributed by atoms with Crippen molar-refractivity contribution in [2.24, 2.45) is 0 Å². The second-order valence-corrected chi connectivity index (χ2v) is 5.43. The molecule has 0 aliphatic rings. The molecule has 142 valence electrons. The molecule has 8 nitrogen and oxygen atoms in total. The van der Waals surface area contributed by atoms with Gasteiger partial charge in [0.2, 0.25) is 6.10 Å². The predicted molar refractivity (Wildman–Crippen MR) is 96.5 cm³/mol. The summed E-state index contributed by atoms with van der Waals surface area (Å²) in [6, 6.07) is 11.6. The zero-order chi connectivity index (χ0) is 19.8. The number of ether oxygens (including phenoxy) is 2. The highest BCUT2D eigenvalue weighted by Gasteiger charge is 2.28. The van der Waals surface area contributed by atoms with E-state index in [2.05, 4.69) is 10.6 Å². The fraction of sp³-hybridized carbons (Fsp3) is 0.211. The molecule has 0 aliphatic heterocycles. The molecule has 0 unspecified atom stereocenters. The molecule has 3 amide bonds. The summed E-state index contributed by atoms with van der Waals surface area (Å²) in [6.45, 7) is 2.03. The predicted octanol–water partition coefficient (Wildman–Crippen LogP) is 2.14. The van der Waals surface area contributed by atoms with Crippen LogP contribution in [0.15, 0.2) is 48.5 Å². The molecule has 0 radical (unpaired) electrons. The molecule has 0 saturated carbocycles. The van der Waals surface area contributed by atoms with Crippen molar-refractivity contribution in [2.45, 2.75) is 13.0 Å². The van der Waals surface area contributed by atoms with E-state index < -0.39 is 24.0 Å². The minimum atomic E-state index is -1.37. The van der Waals surface area contributed by atoms with Gasteiger partial charge in [-0.05, 0) is 19.1 Å². The summed E-state index contributed by atoms with van der Waals surface area (Å²) < 4.78 is 10.3. The Hall–Kier alpha value is -3.55. The number of esters is 1. The molecule has 0 aromatic heterocycles. The molecule has 0 fully saturated rings. The van der Waals surface area contributed by atoms with Crippen LogP contribution in [0.5, 0.6) is 11.5 Å². The van der Waals surface area contributed by atoms with Crippen molar-refractivity contribution in [2.75, 3.05) is 13.7 Å². The highest BCUT2D eigenvalue weighted by Crippen LogP contribution is 2.26. The topological polar surface area (TPSA) is 114 Å². The third-order valence-electron chi connectivity index (χ3n) is 3.56. The largest absolute Gasteiger partial charge is 0.507 e. The van der Waals surface area contributed by atoms with E-state index in [1.54, 1.807) is 37.3 Å². The summed E-state index contributed by atoms with van der Waals surface area (Å²) in [5.74, 6) is -1.73. The molecule has 1 atom stereocenters. The Bertz CT molecular complexity index is 822. The number of hydrogen-bond donors (Lipinski definition) is 3. The Morgan fingerprint density at radius 1 is 1.11 bits per heavy atom. The number of urea groups is 1. The smallest absolute Gasteiger partial charge is 0.343 e. The van der Waals surface area contributed by atoms with Gasteiger partial charge in [-0.15, -0.1) is 0 Å². The van der Waals surface area contributed by atoms with Gasteiger partial charge in [0.1, 0.15) is 17.1 Å². The van der Waals surface area contributed by atoms with Crippen LogP contribution in [0, 0.1) is 0 Å². The maximum Gasteiger partial charge on any atom is 0.343 e. The highest BCUT2D eigenvalue weighted by atomic mass is 16.5. The zero-order valence-corrected chi connectivity index (χ0v) is 14.9. The number of carbonyl (C=O) groups excluding carboxylic acids is 3. The first-order valence-electron chi connectivity index (χ1n) is 8.17. The lowest BCUT2D eigenvalue weighted by Crippen LogP contribution is -2.42. The van der Waals surface area contributed by atoms with E-state index in [4.69, 9.17) is 9.47 Å². The SMILES string of the molecule is CCNC(=O)NC(=O)[C@H](OC(=O)c1ccc(OC)cc1O)c1ccccc1.